The number of carbonyl (C=O) groups excluding carboxylic acids is 1. The summed E-state index contributed by atoms with van der Waals surface area (Å²) >= 11 is 0. The van der Waals surface area contributed by atoms with Crippen LogP contribution in [0.15, 0.2) is 24.4 Å². The van der Waals surface area contributed by atoms with Crippen molar-refractivity contribution in [2.24, 2.45) is 0 Å². The van der Waals surface area contributed by atoms with Gasteiger partial charge in [0.25, 0.3) is 0 Å². The predicted octanol–water partition coefficient (Wildman–Crippen LogP) is 2.80. The first-order valence-electron chi connectivity index (χ1n) is 7.93. The first kappa shape index (κ1) is 13.6. The normalized spacial score (nSPS) is 18.6. The van der Waals surface area contributed by atoms with E-state index in [1.807, 2.05) is 4.90 Å². The Kier molecular flexibility index (Phi) is 3.08. The topological polar surface area (TPSA) is 39.3 Å². The third-order valence-electron chi connectivity index (χ3n) is 4.91. The molecule has 0 aliphatic carbocycles. The van der Waals surface area contributed by atoms with Gasteiger partial charge in [-0.05, 0) is 43.2 Å². The molecule has 4 nitrogen and oxygen atoms in total. The molecule has 0 bridgehead atoms. The molecule has 0 saturated carbocycles. The Balaban J connectivity index is 1.82. The number of hydrogen-bond acceptors (Lipinski definition) is 2. The number of nitrogens with zero attached hydrogens (tertiary/aromatic N) is 2. The number of aromatic amines is 1. The first-order valence-corrected chi connectivity index (χ1v) is 7.93. The summed E-state index contributed by atoms with van der Waals surface area (Å²) in [4.78, 5) is 19.4. The number of likely N-dealkylation sites (N-methyl/N-ethyl adjacent to an activating group) is 1. The van der Waals surface area contributed by atoms with Crippen LogP contribution in [0.1, 0.15) is 24.5 Å². The smallest absolute Gasteiger partial charge is 0.223 e. The molecular weight excluding hydrogens is 274 g/mol. The van der Waals surface area contributed by atoms with Crippen LogP contribution < -0.4 is 4.90 Å². The van der Waals surface area contributed by atoms with E-state index in [0.717, 1.165) is 38.2 Å². The minimum absolute atomic E-state index is 0.133. The maximum Gasteiger partial charge on any atom is 0.223 e. The van der Waals surface area contributed by atoms with Crippen molar-refractivity contribution >= 4 is 28.1 Å². The number of benzene rings is 1. The van der Waals surface area contributed by atoms with Gasteiger partial charge in [0.1, 0.15) is 0 Å². The molecule has 0 saturated heterocycles. The minimum Gasteiger partial charge on any atom is -0.361 e. The van der Waals surface area contributed by atoms with Crippen LogP contribution in [0.3, 0.4) is 0 Å². The fourth-order valence-electron chi connectivity index (χ4n) is 3.62. The van der Waals surface area contributed by atoms with Crippen molar-refractivity contribution in [2.45, 2.75) is 19.8 Å². The summed E-state index contributed by atoms with van der Waals surface area (Å²) in [5.41, 5.74) is 6.25. The molecule has 0 radical (unpaired) electrons. The highest BCUT2D eigenvalue weighted by atomic mass is 16.2. The Morgan fingerprint density at radius 2 is 2.09 bits per heavy atom. The number of hydrogen-bond donors (Lipinski definition) is 1. The van der Waals surface area contributed by atoms with Crippen LogP contribution >= 0.6 is 0 Å². The van der Waals surface area contributed by atoms with E-state index < -0.39 is 0 Å². The van der Waals surface area contributed by atoms with E-state index in [-0.39, 0.29) is 5.91 Å². The van der Waals surface area contributed by atoms with Gasteiger partial charge < -0.3 is 14.8 Å². The van der Waals surface area contributed by atoms with Crippen molar-refractivity contribution in [3.8, 4) is 0 Å². The number of rotatable bonds is 1. The Morgan fingerprint density at radius 3 is 2.82 bits per heavy atom. The molecule has 3 heterocycles. The van der Waals surface area contributed by atoms with Crippen LogP contribution in [-0.4, -0.2) is 42.5 Å². The lowest BCUT2D eigenvalue weighted by Crippen LogP contribution is -2.25. The Hall–Kier alpha value is -2.07. The second-order valence-corrected chi connectivity index (χ2v) is 6.39. The lowest BCUT2D eigenvalue weighted by atomic mass is 9.98. The van der Waals surface area contributed by atoms with Crippen LogP contribution in [0.25, 0.3) is 16.5 Å². The number of fused-ring (bicyclic) bond motifs is 2. The lowest BCUT2D eigenvalue weighted by Gasteiger charge is -2.22. The Bertz CT molecular complexity index is 787. The van der Waals surface area contributed by atoms with Gasteiger partial charge in [-0.3, -0.25) is 4.79 Å². The average Bonchev–Trinajstić information content (AvgIpc) is 3.09. The van der Waals surface area contributed by atoms with E-state index in [1.165, 1.54) is 27.6 Å². The highest BCUT2D eigenvalue weighted by molar-refractivity contribution is 6.00. The molecule has 4 rings (SSSR count). The SMILES string of the molecule is CC(=O)N1CCc2cc3[nH]cc(C4=CCN(C)CC4)c3cc21. The molecule has 114 valence electrons. The van der Waals surface area contributed by atoms with Crippen molar-refractivity contribution in [2.75, 3.05) is 31.6 Å². The number of aromatic nitrogens is 1. The Morgan fingerprint density at radius 1 is 1.23 bits per heavy atom. The fourth-order valence-corrected chi connectivity index (χ4v) is 3.62. The van der Waals surface area contributed by atoms with Crippen molar-refractivity contribution in [3.05, 3.63) is 35.5 Å². The summed E-state index contributed by atoms with van der Waals surface area (Å²) in [6.45, 7) is 4.56. The molecule has 0 atom stereocenters. The molecule has 2 aliphatic heterocycles. The number of amides is 1. The van der Waals surface area contributed by atoms with E-state index in [0.29, 0.717) is 0 Å². The predicted molar refractivity (Wildman–Crippen MR) is 90.1 cm³/mol. The summed E-state index contributed by atoms with van der Waals surface area (Å²) < 4.78 is 0. The van der Waals surface area contributed by atoms with E-state index in [4.69, 9.17) is 0 Å². The summed E-state index contributed by atoms with van der Waals surface area (Å²) in [7, 11) is 2.15. The second-order valence-electron chi connectivity index (χ2n) is 6.39. The monoisotopic (exact) mass is 295 g/mol. The molecule has 1 aromatic heterocycles. The minimum atomic E-state index is 0.133. The summed E-state index contributed by atoms with van der Waals surface area (Å²) in [6.07, 6.45) is 6.47. The molecule has 22 heavy (non-hydrogen) atoms. The molecule has 1 N–H and O–H groups in total. The standard InChI is InChI=1S/C18H21N3O/c1-12(22)21-8-5-14-9-17-15(10-18(14)21)16(11-19-17)13-3-6-20(2)7-4-13/h3,9-11,19H,4-8H2,1-2H3. The van der Waals surface area contributed by atoms with Crippen molar-refractivity contribution < 1.29 is 4.79 Å². The first-order chi connectivity index (χ1) is 10.6. The molecule has 1 amide bonds. The summed E-state index contributed by atoms with van der Waals surface area (Å²) in [5, 5.41) is 1.24. The largest absolute Gasteiger partial charge is 0.361 e. The summed E-state index contributed by atoms with van der Waals surface area (Å²) in [5.74, 6) is 0.133. The third kappa shape index (κ3) is 2.06. The molecule has 0 spiro atoms. The van der Waals surface area contributed by atoms with E-state index in [2.05, 4.69) is 41.3 Å². The van der Waals surface area contributed by atoms with Crippen LogP contribution in [0, 0.1) is 0 Å². The number of anilines is 1. The maximum absolute atomic E-state index is 11.8. The molecular formula is C18H21N3O. The lowest BCUT2D eigenvalue weighted by molar-refractivity contribution is -0.116. The highest BCUT2D eigenvalue weighted by Gasteiger charge is 2.24. The zero-order valence-corrected chi connectivity index (χ0v) is 13.1. The Labute approximate surface area is 130 Å². The zero-order chi connectivity index (χ0) is 15.3. The fraction of sp³-hybridized carbons (Fsp3) is 0.389. The second kappa shape index (κ2) is 4.99. The average molecular weight is 295 g/mol. The summed E-state index contributed by atoms with van der Waals surface area (Å²) in [6, 6.07) is 4.41. The van der Waals surface area contributed by atoms with Gasteiger partial charge in [-0.15, -0.1) is 0 Å². The van der Waals surface area contributed by atoms with Gasteiger partial charge in [-0.25, -0.2) is 0 Å². The number of nitrogens with one attached hydrogen (secondary N) is 1. The van der Waals surface area contributed by atoms with Crippen LogP contribution in [0.4, 0.5) is 5.69 Å². The van der Waals surface area contributed by atoms with Gasteiger partial charge in [0, 0.05) is 54.9 Å². The zero-order valence-electron chi connectivity index (χ0n) is 13.1. The van der Waals surface area contributed by atoms with Crippen molar-refractivity contribution in [1.29, 1.82) is 0 Å². The quantitative estimate of drug-likeness (QED) is 0.878. The molecule has 0 fully saturated rings. The van der Waals surface area contributed by atoms with E-state index >= 15 is 0 Å². The van der Waals surface area contributed by atoms with Gasteiger partial charge in [0.2, 0.25) is 5.91 Å². The van der Waals surface area contributed by atoms with E-state index in [9.17, 15) is 4.79 Å². The molecule has 1 aromatic carbocycles. The number of H-pyrrole nitrogens is 1. The van der Waals surface area contributed by atoms with Gasteiger partial charge in [-0.1, -0.05) is 6.08 Å². The van der Waals surface area contributed by atoms with Gasteiger partial charge in [0.15, 0.2) is 0 Å². The van der Waals surface area contributed by atoms with Gasteiger partial charge in [-0.2, -0.15) is 0 Å². The highest BCUT2D eigenvalue weighted by Crippen LogP contribution is 2.36. The van der Waals surface area contributed by atoms with Crippen LogP contribution in [0.2, 0.25) is 0 Å². The van der Waals surface area contributed by atoms with Crippen molar-refractivity contribution in [1.82, 2.24) is 9.88 Å². The number of carbonyl (C=O) groups is 1. The van der Waals surface area contributed by atoms with E-state index in [1.54, 1.807) is 6.92 Å². The molecule has 4 heteroatoms. The molecule has 0 unspecified atom stereocenters. The van der Waals surface area contributed by atoms with Crippen LogP contribution in [0.5, 0.6) is 0 Å². The van der Waals surface area contributed by atoms with Gasteiger partial charge in [0.05, 0.1) is 0 Å². The maximum atomic E-state index is 11.8. The van der Waals surface area contributed by atoms with Crippen molar-refractivity contribution in [3.63, 3.8) is 0 Å². The molecule has 2 aromatic rings. The third-order valence-corrected chi connectivity index (χ3v) is 4.91. The van der Waals surface area contributed by atoms with Gasteiger partial charge >= 0.3 is 0 Å². The van der Waals surface area contributed by atoms with Crippen LogP contribution in [-0.2, 0) is 11.2 Å². The molecule has 2 aliphatic rings.